The van der Waals surface area contributed by atoms with Crippen molar-refractivity contribution in [2.24, 2.45) is 0 Å². The van der Waals surface area contributed by atoms with Gasteiger partial charge in [0.1, 0.15) is 5.82 Å². The summed E-state index contributed by atoms with van der Waals surface area (Å²) < 4.78 is 0.626. The Labute approximate surface area is 134 Å². The lowest BCUT2D eigenvalue weighted by Crippen LogP contribution is -2.16. The van der Waals surface area contributed by atoms with Crippen LogP contribution in [0.15, 0.2) is 23.0 Å². The van der Waals surface area contributed by atoms with Crippen molar-refractivity contribution in [1.82, 2.24) is 9.97 Å². The smallest absolute Gasteiger partial charge is 0.264 e. The minimum atomic E-state index is -0.148. The van der Waals surface area contributed by atoms with Crippen LogP contribution in [0.4, 0.5) is 0 Å². The van der Waals surface area contributed by atoms with E-state index in [0.29, 0.717) is 25.0 Å². The average Bonchev–Trinajstić information content (AvgIpc) is 2.38. The number of H-pyrrole nitrogens is 1. The van der Waals surface area contributed by atoms with Crippen LogP contribution >= 0.6 is 45.8 Å². The minimum Gasteiger partial charge on any atom is -0.306 e. The predicted octanol–water partition coefficient (Wildman–Crippen LogP) is 4.30. The second kappa shape index (κ2) is 6.24. The Hall–Kier alpha value is -0.590. The molecule has 2 rings (SSSR count). The molecule has 0 amide bonds. The molecule has 1 aromatic heterocycles. The number of rotatable bonds is 3. The maximum atomic E-state index is 11.9. The standard InChI is InChI=1S/C13H11Cl2IN2O/c1-2-3-10-11(16)13(19)18-12(17-10)8-6-7(14)4-5-9(8)15/h4-6H,2-3H2,1H3,(H,17,18,19). The summed E-state index contributed by atoms with van der Waals surface area (Å²) >= 11 is 14.1. The lowest BCUT2D eigenvalue weighted by molar-refractivity contribution is 0.860. The van der Waals surface area contributed by atoms with Crippen LogP contribution in [-0.4, -0.2) is 9.97 Å². The van der Waals surface area contributed by atoms with Crippen molar-refractivity contribution in [3.05, 3.63) is 47.9 Å². The molecular weight excluding hydrogens is 398 g/mol. The molecule has 0 fully saturated rings. The summed E-state index contributed by atoms with van der Waals surface area (Å²) in [6, 6.07) is 5.09. The van der Waals surface area contributed by atoms with Gasteiger partial charge in [-0.05, 0) is 47.2 Å². The van der Waals surface area contributed by atoms with E-state index < -0.39 is 0 Å². The van der Waals surface area contributed by atoms with Crippen molar-refractivity contribution in [3.63, 3.8) is 0 Å². The molecule has 1 N–H and O–H groups in total. The highest BCUT2D eigenvalue weighted by atomic mass is 127. The zero-order valence-corrected chi connectivity index (χ0v) is 13.8. The molecule has 0 aliphatic heterocycles. The molecule has 0 bridgehead atoms. The molecule has 19 heavy (non-hydrogen) atoms. The Morgan fingerprint density at radius 3 is 2.79 bits per heavy atom. The molecule has 0 aliphatic rings. The third-order valence-electron chi connectivity index (χ3n) is 2.60. The SMILES string of the molecule is CCCc1nc(-c2cc(Cl)ccc2Cl)[nH]c(=O)c1I. The summed E-state index contributed by atoms with van der Waals surface area (Å²) in [7, 11) is 0. The first-order valence-corrected chi connectivity index (χ1v) is 7.60. The van der Waals surface area contributed by atoms with E-state index in [1.807, 2.05) is 29.5 Å². The summed E-state index contributed by atoms with van der Waals surface area (Å²) in [5, 5.41) is 1.06. The van der Waals surface area contributed by atoms with Crippen LogP contribution in [0.1, 0.15) is 19.0 Å². The highest BCUT2D eigenvalue weighted by molar-refractivity contribution is 14.1. The molecule has 3 nitrogen and oxygen atoms in total. The van der Waals surface area contributed by atoms with E-state index in [1.165, 1.54) is 0 Å². The molecule has 0 saturated heterocycles. The second-order valence-electron chi connectivity index (χ2n) is 4.05. The van der Waals surface area contributed by atoms with Gasteiger partial charge in [-0.2, -0.15) is 0 Å². The Morgan fingerprint density at radius 2 is 2.11 bits per heavy atom. The maximum absolute atomic E-state index is 11.9. The Kier molecular flexibility index (Phi) is 4.86. The average molecular weight is 409 g/mol. The lowest BCUT2D eigenvalue weighted by Gasteiger charge is -2.08. The Morgan fingerprint density at radius 1 is 1.37 bits per heavy atom. The first kappa shape index (κ1) is 14.8. The van der Waals surface area contributed by atoms with E-state index in [0.717, 1.165) is 18.5 Å². The zero-order valence-electron chi connectivity index (χ0n) is 10.1. The molecule has 0 atom stereocenters. The molecule has 2 aromatic rings. The first-order valence-electron chi connectivity index (χ1n) is 5.77. The van der Waals surface area contributed by atoms with Crippen LogP contribution in [0.25, 0.3) is 11.4 Å². The molecule has 0 saturated carbocycles. The van der Waals surface area contributed by atoms with Crippen molar-refractivity contribution in [1.29, 1.82) is 0 Å². The summed E-state index contributed by atoms with van der Waals surface area (Å²) in [6.07, 6.45) is 1.68. The van der Waals surface area contributed by atoms with Crippen LogP contribution < -0.4 is 5.56 Å². The van der Waals surface area contributed by atoms with Gasteiger partial charge in [-0.1, -0.05) is 36.5 Å². The van der Waals surface area contributed by atoms with Crippen molar-refractivity contribution in [2.45, 2.75) is 19.8 Å². The number of aryl methyl sites for hydroxylation is 1. The van der Waals surface area contributed by atoms with Crippen LogP contribution in [-0.2, 0) is 6.42 Å². The van der Waals surface area contributed by atoms with E-state index in [9.17, 15) is 4.79 Å². The fraction of sp³-hybridized carbons (Fsp3) is 0.231. The number of halogens is 3. The fourth-order valence-electron chi connectivity index (χ4n) is 1.71. The molecule has 0 radical (unpaired) electrons. The molecular formula is C13H11Cl2IN2O. The van der Waals surface area contributed by atoms with E-state index >= 15 is 0 Å². The third-order valence-corrected chi connectivity index (χ3v) is 4.28. The van der Waals surface area contributed by atoms with Crippen LogP contribution in [0.5, 0.6) is 0 Å². The maximum Gasteiger partial charge on any atom is 0.264 e. The van der Waals surface area contributed by atoms with Gasteiger partial charge in [0.25, 0.3) is 5.56 Å². The predicted molar refractivity (Wildman–Crippen MR) is 87.0 cm³/mol. The number of aromatic amines is 1. The van der Waals surface area contributed by atoms with Crippen molar-refractivity contribution in [3.8, 4) is 11.4 Å². The molecule has 6 heteroatoms. The summed E-state index contributed by atoms with van der Waals surface area (Å²) in [5.41, 5.74) is 1.28. The van der Waals surface area contributed by atoms with Gasteiger partial charge in [0.05, 0.1) is 14.3 Å². The van der Waals surface area contributed by atoms with Crippen LogP contribution in [0.2, 0.25) is 10.0 Å². The van der Waals surface area contributed by atoms with Gasteiger partial charge in [0, 0.05) is 10.6 Å². The number of hydrogen-bond acceptors (Lipinski definition) is 2. The van der Waals surface area contributed by atoms with Crippen molar-refractivity contribution >= 4 is 45.8 Å². The van der Waals surface area contributed by atoms with Gasteiger partial charge >= 0.3 is 0 Å². The van der Waals surface area contributed by atoms with E-state index in [4.69, 9.17) is 23.2 Å². The molecule has 0 spiro atoms. The molecule has 0 unspecified atom stereocenters. The number of nitrogens with zero attached hydrogens (tertiary/aromatic N) is 1. The largest absolute Gasteiger partial charge is 0.306 e. The molecule has 1 heterocycles. The van der Waals surface area contributed by atoms with Gasteiger partial charge in [-0.15, -0.1) is 0 Å². The number of benzene rings is 1. The minimum absolute atomic E-state index is 0.148. The summed E-state index contributed by atoms with van der Waals surface area (Å²) in [6.45, 7) is 2.05. The second-order valence-corrected chi connectivity index (χ2v) is 5.97. The van der Waals surface area contributed by atoms with Gasteiger partial charge in [-0.3, -0.25) is 4.79 Å². The Balaban J connectivity index is 2.62. The fourth-order valence-corrected chi connectivity index (χ4v) is 2.62. The van der Waals surface area contributed by atoms with E-state index in [1.54, 1.807) is 18.2 Å². The van der Waals surface area contributed by atoms with E-state index in [2.05, 4.69) is 9.97 Å². The summed E-state index contributed by atoms with van der Waals surface area (Å²) in [5.74, 6) is 0.460. The van der Waals surface area contributed by atoms with Crippen molar-refractivity contribution < 1.29 is 0 Å². The Bertz CT molecular complexity index is 670. The quantitative estimate of drug-likeness (QED) is 0.769. The third kappa shape index (κ3) is 3.30. The molecule has 0 aliphatic carbocycles. The molecule has 100 valence electrons. The lowest BCUT2D eigenvalue weighted by atomic mass is 10.2. The van der Waals surface area contributed by atoms with Gasteiger partial charge < -0.3 is 4.98 Å². The molecule has 1 aromatic carbocycles. The van der Waals surface area contributed by atoms with Crippen LogP contribution in [0.3, 0.4) is 0 Å². The van der Waals surface area contributed by atoms with Gasteiger partial charge in [-0.25, -0.2) is 4.98 Å². The zero-order chi connectivity index (χ0) is 14.0. The monoisotopic (exact) mass is 408 g/mol. The van der Waals surface area contributed by atoms with Crippen molar-refractivity contribution in [2.75, 3.05) is 0 Å². The highest BCUT2D eigenvalue weighted by Gasteiger charge is 2.12. The first-order chi connectivity index (χ1) is 9.02. The highest BCUT2D eigenvalue weighted by Crippen LogP contribution is 2.28. The van der Waals surface area contributed by atoms with E-state index in [-0.39, 0.29) is 5.56 Å². The summed E-state index contributed by atoms with van der Waals surface area (Å²) in [4.78, 5) is 19.2. The van der Waals surface area contributed by atoms with Crippen LogP contribution in [0, 0.1) is 3.57 Å². The normalized spacial score (nSPS) is 10.7. The number of nitrogens with one attached hydrogen (secondary N) is 1. The number of hydrogen-bond donors (Lipinski definition) is 1. The number of aromatic nitrogens is 2. The van der Waals surface area contributed by atoms with Gasteiger partial charge in [0.15, 0.2) is 0 Å². The topological polar surface area (TPSA) is 45.8 Å². The van der Waals surface area contributed by atoms with Gasteiger partial charge in [0.2, 0.25) is 0 Å².